The molecule has 15 heavy (non-hydrogen) atoms. The van der Waals surface area contributed by atoms with E-state index in [0.717, 1.165) is 18.9 Å². The number of nitrogens with one attached hydrogen (secondary N) is 1. The molecule has 1 atom stereocenters. The van der Waals surface area contributed by atoms with Crippen molar-refractivity contribution in [3.05, 3.63) is 0 Å². The smallest absolute Gasteiger partial charge is 0.0637 e. The Bertz CT molecular complexity index is 153. The van der Waals surface area contributed by atoms with E-state index >= 15 is 0 Å². The van der Waals surface area contributed by atoms with Gasteiger partial charge in [-0.2, -0.15) is 0 Å². The fraction of sp³-hybridized carbons (Fsp3) is 1.00. The monoisotopic (exact) mass is 215 g/mol. The van der Waals surface area contributed by atoms with Gasteiger partial charge in [-0.15, -0.1) is 0 Å². The summed E-state index contributed by atoms with van der Waals surface area (Å²) < 4.78 is 5.43. The molecule has 0 aliphatic heterocycles. The van der Waals surface area contributed by atoms with Crippen molar-refractivity contribution in [2.75, 3.05) is 13.7 Å². The molecule has 2 nitrogen and oxygen atoms in total. The minimum atomic E-state index is -0.0135. The van der Waals surface area contributed by atoms with Crippen molar-refractivity contribution < 1.29 is 4.74 Å². The van der Waals surface area contributed by atoms with Crippen LogP contribution in [0.4, 0.5) is 0 Å². The van der Waals surface area contributed by atoms with Crippen molar-refractivity contribution in [1.82, 2.24) is 5.32 Å². The van der Waals surface area contributed by atoms with Crippen molar-refractivity contribution in [2.24, 2.45) is 5.92 Å². The molecule has 0 spiro atoms. The summed E-state index contributed by atoms with van der Waals surface area (Å²) in [5.41, 5.74) is -0.0135. The molecule has 0 aromatic rings. The molecule has 0 aliphatic carbocycles. The number of ether oxygens (including phenoxy) is 1. The first kappa shape index (κ1) is 14.9. The van der Waals surface area contributed by atoms with Gasteiger partial charge in [0.05, 0.1) is 5.60 Å². The van der Waals surface area contributed by atoms with Gasteiger partial charge in [0, 0.05) is 13.2 Å². The second-order valence-electron chi connectivity index (χ2n) is 5.16. The summed E-state index contributed by atoms with van der Waals surface area (Å²) in [7, 11) is 1.79. The molecule has 0 saturated carbocycles. The Hall–Kier alpha value is -0.0800. The second kappa shape index (κ2) is 7.24. The quantitative estimate of drug-likeness (QED) is 0.671. The maximum Gasteiger partial charge on any atom is 0.0637 e. The van der Waals surface area contributed by atoms with Crippen LogP contribution in [0.2, 0.25) is 0 Å². The highest BCUT2D eigenvalue weighted by Gasteiger charge is 2.20. The molecule has 0 fully saturated rings. The summed E-state index contributed by atoms with van der Waals surface area (Å²) in [5.74, 6) is 0.818. The van der Waals surface area contributed by atoms with Gasteiger partial charge < -0.3 is 10.1 Å². The van der Waals surface area contributed by atoms with Crippen LogP contribution in [-0.4, -0.2) is 25.3 Å². The van der Waals surface area contributed by atoms with Gasteiger partial charge in [0.15, 0.2) is 0 Å². The Labute approximate surface area is 95.8 Å². The molecular formula is C13H29NO. The van der Waals surface area contributed by atoms with E-state index in [9.17, 15) is 0 Å². The van der Waals surface area contributed by atoms with Gasteiger partial charge in [0.25, 0.3) is 0 Å². The molecule has 0 heterocycles. The molecular weight excluding hydrogens is 186 g/mol. The maximum absolute atomic E-state index is 5.43. The third-order valence-corrected chi connectivity index (χ3v) is 3.26. The van der Waals surface area contributed by atoms with Gasteiger partial charge in [-0.05, 0) is 39.7 Å². The van der Waals surface area contributed by atoms with Crippen LogP contribution in [0.5, 0.6) is 0 Å². The largest absolute Gasteiger partial charge is 0.379 e. The molecule has 92 valence electrons. The highest BCUT2D eigenvalue weighted by molar-refractivity contribution is 4.76. The lowest BCUT2D eigenvalue weighted by atomic mass is 9.98. The Morgan fingerprint density at radius 1 is 1.20 bits per heavy atom. The van der Waals surface area contributed by atoms with Crippen LogP contribution in [0.15, 0.2) is 0 Å². The normalized spacial score (nSPS) is 14.6. The van der Waals surface area contributed by atoms with Crippen molar-refractivity contribution in [3.63, 3.8) is 0 Å². The van der Waals surface area contributed by atoms with E-state index in [1.165, 1.54) is 12.8 Å². The molecule has 0 rings (SSSR count). The molecule has 1 unspecified atom stereocenters. The van der Waals surface area contributed by atoms with Crippen LogP contribution in [0.25, 0.3) is 0 Å². The second-order valence-corrected chi connectivity index (χ2v) is 5.16. The summed E-state index contributed by atoms with van der Waals surface area (Å²) in [6.45, 7) is 12.2. The van der Waals surface area contributed by atoms with Crippen molar-refractivity contribution >= 4 is 0 Å². The zero-order chi connectivity index (χ0) is 11.9. The summed E-state index contributed by atoms with van der Waals surface area (Å²) >= 11 is 0. The number of hydrogen-bond acceptors (Lipinski definition) is 2. The molecule has 0 aromatic carbocycles. The van der Waals surface area contributed by atoms with Gasteiger partial charge in [0.1, 0.15) is 0 Å². The van der Waals surface area contributed by atoms with Crippen molar-refractivity contribution in [1.29, 1.82) is 0 Å². The lowest BCUT2D eigenvalue weighted by Crippen LogP contribution is -2.37. The highest BCUT2D eigenvalue weighted by Crippen LogP contribution is 2.15. The molecule has 0 radical (unpaired) electrons. The van der Waals surface area contributed by atoms with E-state index in [4.69, 9.17) is 4.74 Å². The molecule has 0 aliphatic rings. The number of rotatable bonds is 8. The van der Waals surface area contributed by atoms with Crippen LogP contribution >= 0.6 is 0 Å². The topological polar surface area (TPSA) is 21.3 Å². The van der Waals surface area contributed by atoms with Crippen molar-refractivity contribution in [3.8, 4) is 0 Å². The van der Waals surface area contributed by atoms with Crippen LogP contribution < -0.4 is 5.32 Å². The zero-order valence-electron chi connectivity index (χ0n) is 11.4. The standard InChI is InChI=1S/C13H29NO/c1-7-12(8-2)10-14-11(3)9-13(4,5)15-6/h11-12,14H,7-10H2,1-6H3. The first-order valence-electron chi connectivity index (χ1n) is 6.23. The third-order valence-electron chi connectivity index (χ3n) is 3.26. The number of hydrogen-bond donors (Lipinski definition) is 1. The SMILES string of the molecule is CCC(CC)CNC(C)CC(C)(C)OC. The van der Waals surface area contributed by atoms with Gasteiger partial charge >= 0.3 is 0 Å². The van der Waals surface area contributed by atoms with Gasteiger partial charge in [-0.1, -0.05) is 26.7 Å². The summed E-state index contributed by atoms with van der Waals surface area (Å²) in [6, 6.07) is 0.528. The minimum Gasteiger partial charge on any atom is -0.379 e. The first-order valence-corrected chi connectivity index (χ1v) is 6.23. The maximum atomic E-state index is 5.43. The molecule has 0 aromatic heterocycles. The molecule has 0 saturated heterocycles. The van der Waals surface area contributed by atoms with Crippen molar-refractivity contribution in [2.45, 2.75) is 65.5 Å². The van der Waals surface area contributed by atoms with E-state index < -0.39 is 0 Å². The zero-order valence-corrected chi connectivity index (χ0v) is 11.4. The fourth-order valence-corrected chi connectivity index (χ4v) is 1.84. The summed E-state index contributed by atoms with van der Waals surface area (Å²) in [5, 5.41) is 3.59. The van der Waals surface area contributed by atoms with Crippen LogP contribution in [-0.2, 0) is 4.74 Å². The van der Waals surface area contributed by atoms with E-state index in [0.29, 0.717) is 6.04 Å². The van der Waals surface area contributed by atoms with E-state index in [1.54, 1.807) is 7.11 Å². The number of methoxy groups -OCH3 is 1. The summed E-state index contributed by atoms with van der Waals surface area (Å²) in [4.78, 5) is 0. The Balaban J connectivity index is 3.78. The molecule has 1 N–H and O–H groups in total. The molecule has 0 bridgehead atoms. The predicted molar refractivity (Wildman–Crippen MR) is 67.2 cm³/mol. The molecule has 2 heteroatoms. The van der Waals surface area contributed by atoms with Gasteiger partial charge in [-0.25, -0.2) is 0 Å². The van der Waals surface area contributed by atoms with Gasteiger partial charge in [-0.3, -0.25) is 0 Å². The Kier molecular flexibility index (Phi) is 7.20. The van der Waals surface area contributed by atoms with Crippen LogP contribution in [0, 0.1) is 5.92 Å². The minimum absolute atomic E-state index is 0.0135. The lowest BCUT2D eigenvalue weighted by molar-refractivity contribution is 0.00829. The van der Waals surface area contributed by atoms with E-state index in [-0.39, 0.29) is 5.60 Å². The van der Waals surface area contributed by atoms with E-state index in [2.05, 4.69) is 39.9 Å². The predicted octanol–water partition coefficient (Wildman–Crippen LogP) is 3.22. The Morgan fingerprint density at radius 2 is 1.73 bits per heavy atom. The fourth-order valence-electron chi connectivity index (χ4n) is 1.84. The Morgan fingerprint density at radius 3 is 2.13 bits per heavy atom. The highest BCUT2D eigenvalue weighted by atomic mass is 16.5. The average molecular weight is 215 g/mol. The lowest BCUT2D eigenvalue weighted by Gasteiger charge is -2.28. The van der Waals surface area contributed by atoms with E-state index in [1.807, 2.05) is 0 Å². The molecule has 0 amide bonds. The third kappa shape index (κ3) is 6.91. The summed E-state index contributed by atoms with van der Waals surface area (Å²) in [6.07, 6.45) is 3.59. The van der Waals surface area contributed by atoms with Gasteiger partial charge in [0.2, 0.25) is 0 Å². The first-order chi connectivity index (χ1) is 6.95. The van der Waals surface area contributed by atoms with Crippen LogP contribution in [0.3, 0.4) is 0 Å². The average Bonchev–Trinajstić information content (AvgIpc) is 2.19. The van der Waals surface area contributed by atoms with Crippen LogP contribution in [0.1, 0.15) is 53.9 Å².